The first-order chi connectivity index (χ1) is 10.2. The zero-order valence-corrected chi connectivity index (χ0v) is 12.1. The summed E-state index contributed by atoms with van der Waals surface area (Å²) in [7, 11) is 1.60. The Morgan fingerprint density at radius 3 is 2.86 bits per heavy atom. The van der Waals surface area contributed by atoms with Crippen LogP contribution in [0.25, 0.3) is 21.9 Å². The average molecular weight is 299 g/mol. The first-order valence-electron chi connectivity index (χ1n) is 6.27. The van der Waals surface area contributed by atoms with Crippen LogP contribution < -0.4 is 15.9 Å². The number of thiocarbonyl (C=S) groups is 1. The van der Waals surface area contributed by atoms with Gasteiger partial charge >= 0.3 is 0 Å². The summed E-state index contributed by atoms with van der Waals surface area (Å²) in [5.41, 5.74) is 10.1. The van der Waals surface area contributed by atoms with Crippen LogP contribution in [0, 0.1) is 0 Å². The number of benzene rings is 2. The number of fused-ring (bicyclic) bond motifs is 3. The molecule has 0 saturated carbocycles. The van der Waals surface area contributed by atoms with Crippen molar-refractivity contribution in [3.63, 3.8) is 0 Å². The molecule has 21 heavy (non-hydrogen) atoms. The van der Waals surface area contributed by atoms with Crippen LogP contribution in [0.15, 0.2) is 45.9 Å². The van der Waals surface area contributed by atoms with E-state index in [1.807, 2.05) is 36.4 Å². The van der Waals surface area contributed by atoms with E-state index >= 15 is 0 Å². The summed E-state index contributed by atoms with van der Waals surface area (Å²) < 4.78 is 11.4. The van der Waals surface area contributed by atoms with Crippen LogP contribution in [0.5, 0.6) is 5.75 Å². The number of hydrazone groups is 1. The van der Waals surface area contributed by atoms with Crippen molar-refractivity contribution >= 4 is 45.5 Å². The Kier molecular flexibility index (Phi) is 3.45. The second-order valence-corrected chi connectivity index (χ2v) is 4.84. The molecule has 1 aromatic heterocycles. The number of methoxy groups -OCH3 is 1. The summed E-state index contributed by atoms with van der Waals surface area (Å²) in [5.74, 6) is 0.622. The van der Waals surface area contributed by atoms with E-state index in [4.69, 9.17) is 27.1 Å². The summed E-state index contributed by atoms with van der Waals surface area (Å²) in [6, 6.07) is 11.7. The van der Waals surface area contributed by atoms with Crippen LogP contribution in [0.4, 0.5) is 0 Å². The molecule has 0 saturated heterocycles. The Bertz CT molecular complexity index is 855. The van der Waals surface area contributed by atoms with Gasteiger partial charge in [-0.3, -0.25) is 5.43 Å². The standard InChI is InChI=1S/C15H13N3O2S/c1-19-13-9(8-17-18-15(16)21)6-7-11-10-4-2-3-5-12(10)20-14(11)13/h2-8H,1H3,(H3,16,18,21)/b17-8+. The maximum Gasteiger partial charge on any atom is 0.184 e. The fraction of sp³-hybridized carbons (Fsp3) is 0.0667. The van der Waals surface area contributed by atoms with Gasteiger partial charge in [-0.25, -0.2) is 0 Å². The minimum absolute atomic E-state index is 0.107. The maximum absolute atomic E-state index is 5.88. The van der Waals surface area contributed by atoms with Gasteiger partial charge in [-0.1, -0.05) is 18.2 Å². The van der Waals surface area contributed by atoms with Crippen LogP contribution >= 0.6 is 12.2 Å². The minimum Gasteiger partial charge on any atom is -0.492 e. The maximum atomic E-state index is 5.88. The molecule has 2 aromatic carbocycles. The molecule has 0 aliphatic rings. The molecule has 0 spiro atoms. The quantitative estimate of drug-likeness (QED) is 0.442. The molecule has 3 aromatic rings. The lowest BCUT2D eigenvalue weighted by Crippen LogP contribution is -2.24. The molecule has 0 radical (unpaired) electrons. The van der Waals surface area contributed by atoms with Crippen LogP contribution in [0.2, 0.25) is 0 Å². The summed E-state index contributed by atoms with van der Waals surface area (Å²) in [6.45, 7) is 0. The molecule has 0 unspecified atom stereocenters. The molecule has 0 bridgehead atoms. The fourth-order valence-corrected chi connectivity index (χ4v) is 2.31. The van der Waals surface area contributed by atoms with Crippen LogP contribution in [0.3, 0.4) is 0 Å². The molecule has 0 amide bonds. The summed E-state index contributed by atoms with van der Waals surface area (Å²) in [4.78, 5) is 0. The lowest BCUT2D eigenvalue weighted by molar-refractivity contribution is 0.411. The first kappa shape index (κ1) is 13.4. The second kappa shape index (κ2) is 5.41. The van der Waals surface area contributed by atoms with Crippen molar-refractivity contribution in [2.75, 3.05) is 7.11 Å². The molecule has 6 heteroatoms. The number of rotatable bonds is 3. The molecule has 0 atom stereocenters. The number of nitrogens with two attached hydrogens (primary N) is 1. The zero-order chi connectivity index (χ0) is 14.8. The monoisotopic (exact) mass is 299 g/mol. The number of para-hydroxylation sites is 1. The zero-order valence-electron chi connectivity index (χ0n) is 11.3. The third kappa shape index (κ3) is 2.41. The van der Waals surface area contributed by atoms with E-state index in [0.717, 1.165) is 21.9 Å². The highest BCUT2D eigenvalue weighted by Crippen LogP contribution is 2.36. The van der Waals surface area contributed by atoms with Gasteiger partial charge in [-0.2, -0.15) is 5.10 Å². The number of nitrogens with one attached hydrogen (secondary N) is 1. The molecular formula is C15H13N3O2S. The summed E-state index contributed by atoms with van der Waals surface area (Å²) in [5, 5.41) is 6.11. The Hall–Kier alpha value is -2.60. The Labute approximate surface area is 126 Å². The van der Waals surface area contributed by atoms with Gasteiger partial charge in [-0.15, -0.1) is 0 Å². The van der Waals surface area contributed by atoms with E-state index in [1.54, 1.807) is 13.3 Å². The average Bonchev–Trinajstić information content (AvgIpc) is 2.85. The summed E-state index contributed by atoms with van der Waals surface area (Å²) >= 11 is 4.70. The van der Waals surface area contributed by atoms with Gasteiger partial charge in [0, 0.05) is 16.3 Å². The van der Waals surface area contributed by atoms with Gasteiger partial charge in [0.1, 0.15) is 5.58 Å². The molecular weight excluding hydrogens is 286 g/mol. The van der Waals surface area contributed by atoms with E-state index in [-0.39, 0.29) is 5.11 Å². The van der Waals surface area contributed by atoms with Crippen LogP contribution in [-0.4, -0.2) is 18.4 Å². The highest BCUT2D eigenvalue weighted by Gasteiger charge is 2.14. The third-order valence-electron chi connectivity index (χ3n) is 3.11. The summed E-state index contributed by atoms with van der Waals surface area (Å²) in [6.07, 6.45) is 1.59. The lowest BCUT2D eigenvalue weighted by Gasteiger charge is -2.04. The lowest BCUT2D eigenvalue weighted by atomic mass is 10.1. The molecule has 3 rings (SSSR count). The number of nitrogens with zero attached hydrogens (tertiary/aromatic N) is 1. The third-order valence-corrected chi connectivity index (χ3v) is 3.21. The van der Waals surface area contributed by atoms with Crippen molar-refractivity contribution in [2.45, 2.75) is 0 Å². The van der Waals surface area contributed by atoms with Gasteiger partial charge in [0.05, 0.1) is 13.3 Å². The normalized spacial score (nSPS) is 11.3. The molecule has 3 N–H and O–H groups in total. The van der Waals surface area contributed by atoms with E-state index < -0.39 is 0 Å². The number of ether oxygens (including phenoxy) is 1. The highest BCUT2D eigenvalue weighted by molar-refractivity contribution is 7.80. The molecule has 0 aliphatic carbocycles. The van der Waals surface area contributed by atoms with Crippen molar-refractivity contribution in [3.05, 3.63) is 42.0 Å². The van der Waals surface area contributed by atoms with Crippen molar-refractivity contribution in [2.24, 2.45) is 10.8 Å². The van der Waals surface area contributed by atoms with Crippen molar-refractivity contribution in [1.82, 2.24) is 5.43 Å². The minimum atomic E-state index is 0.107. The van der Waals surface area contributed by atoms with Gasteiger partial charge in [-0.05, 0) is 30.4 Å². The van der Waals surface area contributed by atoms with Gasteiger partial charge < -0.3 is 14.9 Å². The topological polar surface area (TPSA) is 72.8 Å². The predicted molar refractivity (Wildman–Crippen MR) is 87.8 cm³/mol. The Morgan fingerprint density at radius 2 is 2.10 bits per heavy atom. The van der Waals surface area contributed by atoms with Gasteiger partial charge in [0.2, 0.25) is 0 Å². The molecule has 5 nitrogen and oxygen atoms in total. The predicted octanol–water partition coefficient (Wildman–Crippen LogP) is 2.76. The Balaban J connectivity index is 2.17. The van der Waals surface area contributed by atoms with Crippen LogP contribution in [0.1, 0.15) is 5.56 Å². The molecule has 0 aliphatic heterocycles. The van der Waals surface area contributed by atoms with Crippen molar-refractivity contribution in [1.29, 1.82) is 0 Å². The van der Waals surface area contributed by atoms with Gasteiger partial charge in [0.15, 0.2) is 16.4 Å². The largest absolute Gasteiger partial charge is 0.492 e. The van der Waals surface area contributed by atoms with E-state index in [0.29, 0.717) is 11.3 Å². The molecule has 0 fully saturated rings. The smallest absolute Gasteiger partial charge is 0.184 e. The van der Waals surface area contributed by atoms with E-state index in [9.17, 15) is 0 Å². The van der Waals surface area contributed by atoms with Gasteiger partial charge in [0.25, 0.3) is 0 Å². The number of hydrogen-bond donors (Lipinski definition) is 2. The number of hydrogen-bond acceptors (Lipinski definition) is 4. The fourth-order valence-electron chi connectivity index (χ4n) is 2.26. The second-order valence-electron chi connectivity index (χ2n) is 4.40. The van der Waals surface area contributed by atoms with E-state index in [1.165, 1.54) is 0 Å². The Morgan fingerprint density at radius 1 is 1.29 bits per heavy atom. The van der Waals surface area contributed by atoms with Crippen molar-refractivity contribution in [3.8, 4) is 5.75 Å². The van der Waals surface area contributed by atoms with E-state index in [2.05, 4.69) is 10.5 Å². The molecule has 106 valence electrons. The SMILES string of the molecule is COc1c(/C=N/NC(N)=S)ccc2c1oc1ccccc12. The molecule has 1 heterocycles. The first-order valence-corrected chi connectivity index (χ1v) is 6.68. The highest BCUT2D eigenvalue weighted by atomic mass is 32.1. The van der Waals surface area contributed by atoms with Crippen molar-refractivity contribution < 1.29 is 9.15 Å². The van der Waals surface area contributed by atoms with Crippen LogP contribution in [-0.2, 0) is 0 Å². The number of furan rings is 1.